The molecular weight excluding hydrogens is 326 g/mol. The van der Waals surface area contributed by atoms with Crippen LogP contribution in [0.2, 0.25) is 5.02 Å². The van der Waals surface area contributed by atoms with E-state index in [2.05, 4.69) is 15.5 Å². The minimum atomic E-state index is 0.102. The highest BCUT2D eigenvalue weighted by atomic mass is 35.5. The lowest BCUT2D eigenvalue weighted by Crippen LogP contribution is -2.13. The SMILES string of the molecule is C/C(=N\OCc1cnccc1Cl)c1ccc(NC(=O)C2CC2)cc1. The summed E-state index contributed by atoms with van der Waals surface area (Å²) in [4.78, 5) is 21.1. The van der Waals surface area contributed by atoms with Gasteiger partial charge in [0, 0.05) is 29.6 Å². The van der Waals surface area contributed by atoms with E-state index in [4.69, 9.17) is 16.4 Å². The lowest BCUT2D eigenvalue weighted by atomic mass is 10.1. The van der Waals surface area contributed by atoms with Crippen molar-refractivity contribution < 1.29 is 9.63 Å². The number of hydrogen-bond acceptors (Lipinski definition) is 4. The summed E-state index contributed by atoms with van der Waals surface area (Å²) >= 11 is 6.04. The van der Waals surface area contributed by atoms with E-state index in [1.165, 1.54) is 0 Å². The Morgan fingerprint density at radius 3 is 2.75 bits per heavy atom. The lowest BCUT2D eigenvalue weighted by Gasteiger charge is -2.06. The zero-order valence-electron chi connectivity index (χ0n) is 13.3. The van der Waals surface area contributed by atoms with E-state index in [9.17, 15) is 4.79 Å². The summed E-state index contributed by atoms with van der Waals surface area (Å²) in [5.41, 5.74) is 3.26. The maximum Gasteiger partial charge on any atom is 0.227 e. The second-order valence-corrected chi connectivity index (χ2v) is 6.17. The van der Waals surface area contributed by atoms with Crippen molar-refractivity contribution in [2.75, 3.05) is 5.32 Å². The van der Waals surface area contributed by atoms with Gasteiger partial charge in [0.1, 0.15) is 6.61 Å². The number of amides is 1. The molecule has 24 heavy (non-hydrogen) atoms. The monoisotopic (exact) mass is 343 g/mol. The van der Waals surface area contributed by atoms with E-state index in [0.29, 0.717) is 5.02 Å². The van der Waals surface area contributed by atoms with Gasteiger partial charge in [0.25, 0.3) is 0 Å². The van der Waals surface area contributed by atoms with Crippen molar-refractivity contribution >= 4 is 28.9 Å². The molecule has 6 heteroatoms. The highest BCUT2D eigenvalue weighted by Gasteiger charge is 2.29. The molecule has 1 aliphatic carbocycles. The molecule has 0 atom stereocenters. The van der Waals surface area contributed by atoms with Gasteiger partial charge >= 0.3 is 0 Å². The van der Waals surface area contributed by atoms with Gasteiger partial charge in [-0.2, -0.15) is 0 Å². The number of hydrogen-bond donors (Lipinski definition) is 1. The summed E-state index contributed by atoms with van der Waals surface area (Å²) in [5, 5.41) is 7.62. The van der Waals surface area contributed by atoms with Crippen LogP contribution in [0, 0.1) is 5.92 Å². The van der Waals surface area contributed by atoms with Gasteiger partial charge < -0.3 is 10.2 Å². The zero-order chi connectivity index (χ0) is 16.9. The Hall–Kier alpha value is -2.40. The topological polar surface area (TPSA) is 63.6 Å². The van der Waals surface area contributed by atoms with Gasteiger partial charge in [-0.25, -0.2) is 0 Å². The van der Waals surface area contributed by atoms with Crippen LogP contribution in [-0.4, -0.2) is 16.6 Å². The van der Waals surface area contributed by atoms with Crippen molar-refractivity contribution in [3.63, 3.8) is 0 Å². The van der Waals surface area contributed by atoms with Gasteiger partial charge in [-0.1, -0.05) is 28.9 Å². The molecule has 1 heterocycles. The van der Waals surface area contributed by atoms with Gasteiger partial charge in [0.2, 0.25) is 5.91 Å². The second-order valence-electron chi connectivity index (χ2n) is 5.76. The van der Waals surface area contributed by atoms with Gasteiger partial charge in [0.15, 0.2) is 0 Å². The number of pyridine rings is 1. The molecule has 0 unspecified atom stereocenters. The van der Waals surface area contributed by atoms with Crippen molar-refractivity contribution in [2.45, 2.75) is 26.4 Å². The predicted molar refractivity (Wildman–Crippen MR) is 94.0 cm³/mol. The van der Waals surface area contributed by atoms with E-state index >= 15 is 0 Å². The van der Waals surface area contributed by atoms with Crippen LogP contribution in [0.4, 0.5) is 5.69 Å². The van der Waals surface area contributed by atoms with Gasteiger partial charge in [-0.3, -0.25) is 9.78 Å². The first kappa shape index (κ1) is 16.5. The average Bonchev–Trinajstić information content (AvgIpc) is 3.42. The summed E-state index contributed by atoms with van der Waals surface area (Å²) in [7, 11) is 0. The molecule has 124 valence electrons. The number of aromatic nitrogens is 1. The molecule has 1 saturated carbocycles. The van der Waals surface area contributed by atoms with Crippen molar-refractivity contribution in [1.82, 2.24) is 4.98 Å². The number of carbonyl (C=O) groups is 1. The molecule has 0 aliphatic heterocycles. The number of halogens is 1. The smallest absolute Gasteiger partial charge is 0.227 e. The molecule has 3 rings (SSSR count). The van der Waals surface area contributed by atoms with Crippen LogP contribution in [0.5, 0.6) is 0 Å². The molecule has 1 aliphatic rings. The molecular formula is C18H18ClN3O2. The molecule has 1 amide bonds. The number of oxime groups is 1. The highest BCUT2D eigenvalue weighted by molar-refractivity contribution is 6.31. The summed E-state index contributed by atoms with van der Waals surface area (Å²) in [6.07, 6.45) is 5.27. The third kappa shape index (κ3) is 4.32. The van der Waals surface area contributed by atoms with E-state index in [0.717, 1.165) is 35.4 Å². The van der Waals surface area contributed by atoms with Crippen molar-refractivity contribution in [3.8, 4) is 0 Å². The lowest BCUT2D eigenvalue weighted by molar-refractivity contribution is -0.117. The number of benzene rings is 1. The van der Waals surface area contributed by atoms with Crippen molar-refractivity contribution in [2.24, 2.45) is 11.1 Å². The molecule has 1 N–H and O–H groups in total. The predicted octanol–water partition coefficient (Wildman–Crippen LogP) is 4.02. The van der Waals surface area contributed by atoms with Crippen molar-refractivity contribution in [3.05, 3.63) is 58.9 Å². The number of nitrogens with one attached hydrogen (secondary N) is 1. The van der Waals surface area contributed by atoms with Crippen LogP contribution in [0.25, 0.3) is 0 Å². The molecule has 1 fully saturated rings. The van der Waals surface area contributed by atoms with Gasteiger partial charge in [-0.05, 0) is 43.5 Å². The Kier molecular flexibility index (Phi) is 5.11. The normalized spacial score (nSPS) is 14.3. The number of anilines is 1. The molecule has 2 aromatic rings. The minimum Gasteiger partial charge on any atom is -0.391 e. The summed E-state index contributed by atoms with van der Waals surface area (Å²) in [6.45, 7) is 2.13. The Morgan fingerprint density at radius 1 is 1.33 bits per heavy atom. The summed E-state index contributed by atoms with van der Waals surface area (Å²) in [5.74, 6) is 0.297. The van der Waals surface area contributed by atoms with Crippen LogP contribution in [0.1, 0.15) is 30.9 Å². The quantitative estimate of drug-likeness (QED) is 0.636. The molecule has 0 radical (unpaired) electrons. The van der Waals surface area contributed by atoms with E-state index in [-0.39, 0.29) is 18.4 Å². The van der Waals surface area contributed by atoms with Crippen LogP contribution in [-0.2, 0) is 16.2 Å². The van der Waals surface area contributed by atoms with Gasteiger partial charge in [0.05, 0.1) is 10.7 Å². The second kappa shape index (κ2) is 7.45. The molecule has 0 saturated heterocycles. The first-order valence-electron chi connectivity index (χ1n) is 7.80. The van der Waals surface area contributed by atoms with Crippen molar-refractivity contribution in [1.29, 1.82) is 0 Å². The standard InChI is InChI=1S/C18H18ClN3O2/c1-12(22-24-11-15-10-20-9-8-17(15)19)13-4-6-16(7-5-13)21-18(23)14-2-3-14/h4-10,14H,2-3,11H2,1H3,(H,21,23)/b22-12+. The fraction of sp³-hybridized carbons (Fsp3) is 0.278. The van der Waals surface area contributed by atoms with E-state index in [1.54, 1.807) is 18.5 Å². The van der Waals surface area contributed by atoms with E-state index < -0.39 is 0 Å². The molecule has 1 aromatic heterocycles. The largest absolute Gasteiger partial charge is 0.391 e. The van der Waals surface area contributed by atoms with Crippen LogP contribution >= 0.6 is 11.6 Å². The molecule has 0 spiro atoms. The van der Waals surface area contributed by atoms with Crippen LogP contribution in [0.3, 0.4) is 0 Å². The molecule has 1 aromatic carbocycles. The van der Waals surface area contributed by atoms with Crippen LogP contribution < -0.4 is 5.32 Å². The Balaban J connectivity index is 1.56. The maximum absolute atomic E-state index is 11.7. The fourth-order valence-electron chi connectivity index (χ4n) is 2.15. The Labute approximate surface area is 145 Å². The average molecular weight is 344 g/mol. The number of carbonyl (C=O) groups excluding carboxylic acids is 1. The molecule has 0 bridgehead atoms. The van der Waals surface area contributed by atoms with Gasteiger partial charge in [-0.15, -0.1) is 0 Å². The zero-order valence-corrected chi connectivity index (χ0v) is 14.1. The number of rotatable bonds is 6. The Morgan fingerprint density at radius 2 is 2.08 bits per heavy atom. The third-order valence-electron chi connectivity index (χ3n) is 3.78. The fourth-order valence-corrected chi connectivity index (χ4v) is 2.31. The van der Waals surface area contributed by atoms with Crippen LogP contribution in [0.15, 0.2) is 47.9 Å². The maximum atomic E-state index is 11.7. The third-order valence-corrected chi connectivity index (χ3v) is 4.15. The molecule has 5 nitrogen and oxygen atoms in total. The number of nitrogens with zero attached hydrogens (tertiary/aromatic N) is 2. The highest BCUT2D eigenvalue weighted by Crippen LogP contribution is 2.30. The first-order chi connectivity index (χ1) is 11.6. The first-order valence-corrected chi connectivity index (χ1v) is 8.17. The summed E-state index contributed by atoms with van der Waals surface area (Å²) in [6, 6.07) is 9.26. The minimum absolute atomic E-state index is 0.102. The Bertz CT molecular complexity index is 755. The van der Waals surface area contributed by atoms with E-state index in [1.807, 2.05) is 31.2 Å². The summed E-state index contributed by atoms with van der Waals surface area (Å²) < 4.78 is 0.